The third-order valence-corrected chi connectivity index (χ3v) is 13.4. The quantitative estimate of drug-likeness (QED) is 0.462. The van der Waals surface area contributed by atoms with Crippen molar-refractivity contribution >= 4 is 0 Å². The Balaban J connectivity index is 1.27. The van der Waals surface area contributed by atoms with Gasteiger partial charge < -0.3 is 24.1 Å². The molecule has 4 saturated heterocycles. The summed E-state index contributed by atoms with van der Waals surface area (Å²) in [5, 5.41) is 11.4. The van der Waals surface area contributed by atoms with E-state index in [0.29, 0.717) is 17.9 Å². The average Bonchev–Trinajstić information content (AvgIpc) is 3.40. The Morgan fingerprint density at radius 3 is 2.42 bits per heavy atom. The zero-order chi connectivity index (χ0) is 25.7. The Morgan fingerprint density at radius 2 is 1.69 bits per heavy atom. The Hall–Kier alpha value is -0.460. The molecule has 7 rings (SSSR count). The Bertz CT molecular complexity index is 1020. The lowest BCUT2D eigenvalue weighted by Crippen LogP contribution is -2.63. The standard InChI is InChI=1S/C31H48O5/c1-17-23-20(34-31(33-8)24(17)36-27(4,5)25(31)32)16-29(7)19-9-10-21-26(2,3)22-12-14-30(21,35-22)15-18(19)11-13-28(23,29)6/h17,20-25,32H,9-16H2,1-8H3/t17-,20-,21-,22-,23-,24+,25+,28+,29+,30-,31-/m0/s1. The van der Waals surface area contributed by atoms with Gasteiger partial charge in [0.25, 0.3) is 0 Å². The molecule has 1 N–H and O–H groups in total. The van der Waals surface area contributed by atoms with Crippen LogP contribution in [0.2, 0.25) is 0 Å². The molecule has 0 aromatic rings. The second-order valence-corrected chi connectivity index (χ2v) is 15.3. The lowest BCUT2D eigenvalue weighted by Gasteiger charge is -2.54. The van der Waals surface area contributed by atoms with E-state index in [1.165, 1.54) is 38.5 Å². The van der Waals surface area contributed by atoms with Gasteiger partial charge in [0.1, 0.15) is 12.2 Å². The zero-order valence-electron chi connectivity index (χ0n) is 23.8. The number of fused-ring (bicyclic) bond motifs is 6. The van der Waals surface area contributed by atoms with Gasteiger partial charge in [-0.25, -0.2) is 0 Å². The fourth-order valence-electron chi connectivity index (χ4n) is 11.5. The van der Waals surface area contributed by atoms with Crippen LogP contribution >= 0.6 is 0 Å². The number of methoxy groups -OCH3 is 1. The number of hydrogen-bond acceptors (Lipinski definition) is 5. The Kier molecular flexibility index (Phi) is 4.77. The maximum Gasteiger partial charge on any atom is 0.224 e. The molecule has 36 heavy (non-hydrogen) atoms. The number of aliphatic hydroxyl groups is 1. The van der Waals surface area contributed by atoms with Gasteiger partial charge >= 0.3 is 0 Å². The molecule has 0 amide bonds. The molecule has 0 radical (unpaired) electrons. The van der Waals surface area contributed by atoms with Gasteiger partial charge in [0, 0.05) is 7.11 Å². The van der Waals surface area contributed by atoms with E-state index in [1.54, 1.807) is 18.3 Å². The minimum atomic E-state index is -1.09. The van der Waals surface area contributed by atoms with Crippen LogP contribution in [-0.2, 0) is 18.9 Å². The van der Waals surface area contributed by atoms with E-state index in [-0.39, 0.29) is 40.0 Å². The highest BCUT2D eigenvalue weighted by Gasteiger charge is 2.74. The van der Waals surface area contributed by atoms with Gasteiger partial charge in [0.15, 0.2) is 0 Å². The molecule has 7 aliphatic rings. The van der Waals surface area contributed by atoms with E-state index in [4.69, 9.17) is 18.9 Å². The molecule has 0 unspecified atom stereocenters. The van der Waals surface area contributed by atoms with E-state index >= 15 is 0 Å². The van der Waals surface area contributed by atoms with Crippen molar-refractivity contribution in [2.45, 2.75) is 141 Å². The molecule has 0 aromatic heterocycles. The molecule has 5 nitrogen and oxygen atoms in total. The monoisotopic (exact) mass is 500 g/mol. The summed E-state index contributed by atoms with van der Waals surface area (Å²) in [5.74, 6) is 0.202. The van der Waals surface area contributed by atoms with Crippen molar-refractivity contribution in [2.75, 3.05) is 7.11 Å². The van der Waals surface area contributed by atoms with Gasteiger partial charge in [-0.05, 0) is 99.2 Å². The molecule has 3 aliphatic carbocycles. The predicted octanol–water partition coefficient (Wildman–Crippen LogP) is 5.78. The molecule has 1 spiro atoms. The molecule has 4 heterocycles. The van der Waals surface area contributed by atoms with Crippen LogP contribution in [0.1, 0.15) is 99.8 Å². The van der Waals surface area contributed by atoms with Crippen molar-refractivity contribution in [1.82, 2.24) is 0 Å². The van der Waals surface area contributed by atoms with Gasteiger partial charge in [-0.2, -0.15) is 0 Å². The molecule has 2 bridgehead atoms. The highest BCUT2D eigenvalue weighted by Crippen LogP contribution is 2.73. The van der Waals surface area contributed by atoms with Gasteiger partial charge in [-0.15, -0.1) is 0 Å². The summed E-state index contributed by atoms with van der Waals surface area (Å²) in [6.45, 7) is 16.3. The predicted molar refractivity (Wildman–Crippen MR) is 137 cm³/mol. The minimum absolute atomic E-state index is 0.0645. The molecule has 11 atom stereocenters. The molecule has 5 heteroatoms. The summed E-state index contributed by atoms with van der Waals surface area (Å²) in [5.41, 5.74) is 3.34. The summed E-state index contributed by atoms with van der Waals surface area (Å²) >= 11 is 0. The first-order chi connectivity index (χ1) is 16.8. The molecule has 5 fully saturated rings. The fourth-order valence-corrected chi connectivity index (χ4v) is 11.5. The first-order valence-corrected chi connectivity index (χ1v) is 14.7. The molecule has 4 aliphatic heterocycles. The Morgan fingerprint density at radius 1 is 0.944 bits per heavy atom. The second kappa shape index (κ2) is 6.99. The third kappa shape index (κ3) is 2.57. The van der Waals surface area contributed by atoms with Crippen LogP contribution in [0.5, 0.6) is 0 Å². The van der Waals surface area contributed by atoms with Crippen molar-refractivity contribution in [3.05, 3.63) is 11.1 Å². The van der Waals surface area contributed by atoms with Gasteiger partial charge in [0.2, 0.25) is 5.79 Å². The third-order valence-electron chi connectivity index (χ3n) is 13.4. The summed E-state index contributed by atoms with van der Waals surface area (Å²) in [6, 6.07) is 0. The first kappa shape index (κ1) is 24.6. The van der Waals surface area contributed by atoms with Crippen LogP contribution in [0.25, 0.3) is 0 Å². The van der Waals surface area contributed by atoms with Crippen LogP contribution in [0.3, 0.4) is 0 Å². The van der Waals surface area contributed by atoms with Crippen LogP contribution < -0.4 is 0 Å². The highest BCUT2D eigenvalue weighted by molar-refractivity contribution is 5.37. The summed E-state index contributed by atoms with van der Waals surface area (Å²) in [6.07, 6.45) is 8.89. The number of rotatable bonds is 1. The molecule has 0 aromatic carbocycles. The summed E-state index contributed by atoms with van der Waals surface area (Å²) < 4.78 is 26.4. The SMILES string of the molecule is CO[C@]12O[C@H]3C[C@]4(C)C5=C(CC[C@]4(C)[C@H]3[C@H](C)[C@H]1OC(C)(C)[C@H]2O)C[C@]12CC[C@H](O1)C(C)(C)[C@@H]2CC5. The molecule has 202 valence electrons. The van der Waals surface area contributed by atoms with E-state index in [1.807, 2.05) is 13.8 Å². The lowest BCUT2D eigenvalue weighted by atomic mass is 9.52. The van der Waals surface area contributed by atoms with Crippen molar-refractivity contribution in [1.29, 1.82) is 0 Å². The van der Waals surface area contributed by atoms with Crippen molar-refractivity contribution in [3.63, 3.8) is 0 Å². The largest absolute Gasteiger partial charge is 0.384 e. The van der Waals surface area contributed by atoms with Crippen LogP contribution in [-0.4, -0.2) is 53.6 Å². The maximum absolute atomic E-state index is 11.4. The number of hydrogen-bond donors (Lipinski definition) is 1. The van der Waals surface area contributed by atoms with Crippen molar-refractivity contribution in [2.24, 2.45) is 34.0 Å². The van der Waals surface area contributed by atoms with E-state index in [0.717, 1.165) is 12.8 Å². The summed E-state index contributed by atoms with van der Waals surface area (Å²) in [4.78, 5) is 0. The first-order valence-electron chi connectivity index (χ1n) is 14.7. The molecular weight excluding hydrogens is 452 g/mol. The number of ether oxygens (including phenoxy) is 4. The molecular formula is C31H48O5. The maximum atomic E-state index is 11.4. The van der Waals surface area contributed by atoms with E-state index < -0.39 is 17.5 Å². The topological polar surface area (TPSA) is 57.2 Å². The van der Waals surface area contributed by atoms with Gasteiger partial charge in [-0.1, -0.05) is 45.8 Å². The number of allylic oxidation sites excluding steroid dienone is 1. The number of aliphatic hydroxyl groups excluding tert-OH is 1. The minimum Gasteiger partial charge on any atom is -0.384 e. The van der Waals surface area contributed by atoms with Crippen LogP contribution in [0.4, 0.5) is 0 Å². The summed E-state index contributed by atoms with van der Waals surface area (Å²) in [7, 11) is 1.68. The molecule has 1 saturated carbocycles. The van der Waals surface area contributed by atoms with Crippen molar-refractivity contribution in [3.8, 4) is 0 Å². The smallest absolute Gasteiger partial charge is 0.224 e. The second-order valence-electron chi connectivity index (χ2n) is 15.3. The fraction of sp³-hybridized carbons (Fsp3) is 0.935. The lowest BCUT2D eigenvalue weighted by molar-refractivity contribution is -0.337. The highest BCUT2D eigenvalue weighted by atomic mass is 16.7. The normalized spacial score (nSPS) is 58.1. The van der Waals surface area contributed by atoms with Gasteiger partial charge in [0.05, 0.1) is 23.4 Å². The van der Waals surface area contributed by atoms with E-state index in [9.17, 15) is 5.11 Å². The van der Waals surface area contributed by atoms with Crippen molar-refractivity contribution < 1.29 is 24.1 Å². The van der Waals surface area contributed by atoms with Crippen LogP contribution in [0, 0.1) is 34.0 Å². The van der Waals surface area contributed by atoms with Gasteiger partial charge in [-0.3, -0.25) is 0 Å². The zero-order valence-corrected chi connectivity index (χ0v) is 23.8. The van der Waals surface area contributed by atoms with E-state index in [2.05, 4.69) is 34.6 Å². The Labute approximate surface area is 217 Å². The average molecular weight is 501 g/mol. The van der Waals surface area contributed by atoms with Crippen LogP contribution in [0.15, 0.2) is 11.1 Å².